The topological polar surface area (TPSA) is 67.6 Å². The number of nitrogen functional groups attached to an aromatic ring is 1. The average Bonchev–Trinajstić information content (AvgIpc) is 2.14. The Bertz CT molecular complexity index is 248. The van der Waals surface area contributed by atoms with Crippen molar-refractivity contribution in [3.05, 3.63) is 11.8 Å². The Balaban J connectivity index is 2.90. The number of hydrogen-bond donors (Lipinski definition) is 1. The molecule has 1 aromatic heterocycles. The maximum absolute atomic E-state index is 8.28. The fraction of sp³-hybridized carbons (Fsp3) is 0.333. The van der Waals surface area contributed by atoms with Crippen LogP contribution in [0.3, 0.4) is 0 Å². The molecule has 2 N–H and O–H groups in total. The van der Waals surface area contributed by atoms with Crippen molar-refractivity contribution in [3.8, 4) is 6.07 Å². The SMILES string of the molecule is Cn1nc(CC#N)cc1N. The second-order valence-corrected chi connectivity index (χ2v) is 2.02. The molecule has 0 atom stereocenters. The largest absolute Gasteiger partial charge is 0.384 e. The van der Waals surface area contributed by atoms with Crippen LogP contribution in [0.15, 0.2) is 6.07 Å². The van der Waals surface area contributed by atoms with E-state index in [-0.39, 0.29) is 0 Å². The lowest BCUT2D eigenvalue weighted by molar-refractivity contribution is 0.761. The summed E-state index contributed by atoms with van der Waals surface area (Å²) in [5.74, 6) is 0.588. The van der Waals surface area contributed by atoms with Crippen LogP contribution < -0.4 is 5.73 Å². The average molecular weight is 136 g/mol. The third-order valence-corrected chi connectivity index (χ3v) is 1.23. The van der Waals surface area contributed by atoms with Gasteiger partial charge in [-0.25, -0.2) is 0 Å². The predicted molar refractivity (Wildman–Crippen MR) is 36.9 cm³/mol. The minimum Gasteiger partial charge on any atom is -0.384 e. The molecule has 0 bridgehead atoms. The van der Waals surface area contributed by atoms with E-state index >= 15 is 0 Å². The third kappa shape index (κ3) is 1.08. The first-order valence-electron chi connectivity index (χ1n) is 2.89. The molecule has 0 aromatic carbocycles. The molecular weight excluding hydrogens is 128 g/mol. The minimum atomic E-state index is 0.324. The zero-order chi connectivity index (χ0) is 7.56. The normalized spacial score (nSPS) is 9.20. The summed E-state index contributed by atoms with van der Waals surface area (Å²) in [4.78, 5) is 0. The highest BCUT2D eigenvalue weighted by Crippen LogP contribution is 2.03. The van der Waals surface area contributed by atoms with E-state index in [0.717, 1.165) is 5.69 Å². The van der Waals surface area contributed by atoms with E-state index in [9.17, 15) is 0 Å². The van der Waals surface area contributed by atoms with Crippen molar-refractivity contribution in [2.45, 2.75) is 6.42 Å². The number of rotatable bonds is 1. The number of nitrogens with zero attached hydrogens (tertiary/aromatic N) is 3. The van der Waals surface area contributed by atoms with Crippen molar-refractivity contribution in [3.63, 3.8) is 0 Å². The maximum Gasteiger partial charge on any atom is 0.121 e. The second kappa shape index (κ2) is 2.40. The van der Waals surface area contributed by atoms with Gasteiger partial charge in [-0.1, -0.05) is 0 Å². The van der Waals surface area contributed by atoms with Crippen LogP contribution in [0.1, 0.15) is 5.69 Å². The van der Waals surface area contributed by atoms with Crippen LogP contribution in [0.2, 0.25) is 0 Å². The van der Waals surface area contributed by atoms with E-state index < -0.39 is 0 Å². The first-order chi connectivity index (χ1) is 4.74. The molecule has 0 radical (unpaired) electrons. The standard InChI is InChI=1S/C6H8N4/c1-10-6(8)4-5(9-10)2-3-7/h4H,2,8H2,1H3. The minimum absolute atomic E-state index is 0.324. The zero-order valence-electron chi connectivity index (χ0n) is 5.70. The van der Waals surface area contributed by atoms with Gasteiger partial charge in [-0.05, 0) is 0 Å². The van der Waals surface area contributed by atoms with Gasteiger partial charge in [0.2, 0.25) is 0 Å². The molecule has 0 fully saturated rings. The number of anilines is 1. The van der Waals surface area contributed by atoms with Gasteiger partial charge in [0.1, 0.15) is 5.82 Å². The van der Waals surface area contributed by atoms with E-state index in [1.807, 2.05) is 6.07 Å². The summed E-state index contributed by atoms with van der Waals surface area (Å²) in [5.41, 5.74) is 6.19. The van der Waals surface area contributed by atoms with Crippen molar-refractivity contribution >= 4 is 5.82 Å². The van der Waals surface area contributed by atoms with Gasteiger partial charge >= 0.3 is 0 Å². The maximum atomic E-state index is 8.28. The summed E-state index contributed by atoms with van der Waals surface area (Å²) in [6, 6.07) is 3.69. The van der Waals surface area contributed by atoms with Gasteiger partial charge in [-0.15, -0.1) is 0 Å². The Labute approximate surface area is 58.9 Å². The van der Waals surface area contributed by atoms with Crippen molar-refractivity contribution in [2.24, 2.45) is 7.05 Å². The Morgan fingerprint density at radius 1 is 1.90 bits per heavy atom. The molecule has 10 heavy (non-hydrogen) atoms. The molecule has 52 valence electrons. The van der Waals surface area contributed by atoms with E-state index in [0.29, 0.717) is 12.2 Å². The molecule has 0 spiro atoms. The van der Waals surface area contributed by atoms with Gasteiger partial charge in [0.15, 0.2) is 0 Å². The quantitative estimate of drug-likeness (QED) is 0.594. The molecule has 1 aromatic rings. The van der Waals surface area contributed by atoms with Crippen LogP contribution in [0.5, 0.6) is 0 Å². The van der Waals surface area contributed by atoms with Gasteiger partial charge in [-0.2, -0.15) is 10.4 Å². The zero-order valence-corrected chi connectivity index (χ0v) is 5.70. The number of nitrogens with two attached hydrogens (primary N) is 1. The Morgan fingerprint density at radius 2 is 2.60 bits per heavy atom. The molecule has 0 aliphatic carbocycles. The molecule has 4 nitrogen and oxygen atoms in total. The molecule has 0 amide bonds. The third-order valence-electron chi connectivity index (χ3n) is 1.23. The lowest BCUT2D eigenvalue weighted by atomic mass is 10.3. The van der Waals surface area contributed by atoms with Gasteiger partial charge in [0.05, 0.1) is 18.2 Å². The summed E-state index contributed by atoms with van der Waals surface area (Å²) in [7, 11) is 1.75. The number of nitriles is 1. The Kier molecular flexibility index (Phi) is 1.59. The Morgan fingerprint density at radius 3 is 3.00 bits per heavy atom. The highest BCUT2D eigenvalue weighted by atomic mass is 15.3. The summed E-state index contributed by atoms with van der Waals surface area (Å²) in [6.07, 6.45) is 0.324. The van der Waals surface area contributed by atoms with Crippen LogP contribution in [-0.4, -0.2) is 9.78 Å². The van der Waals surface area contributed by atoms with E-state index in [1.165, 1.54) is 0 Å². The molecular formula is C6H8N4. The van der Waals surface area contributed by atoms with E-state index in [2.05, 4.69) is 5.10 Å². The number of hydrogen-bond acceptors (Lipinski definition) is 3. The van der Waals surface area contributed by atoms with Crippen molar-refractivity contribution in [1.29, 1.82) is 5.26 Å². The summed E-state index contributed by atoms with van der Waals surface area (Å²) in [5, 5.41) is 12.2. The van der Waals surface area contributed by atoms with Crippen molar-refractivity contribution in [2.75, 3.05) is 5.73 Å². The molecule has 0 saturated carbocycles. The fourth-order valence-electron chi connectivity index (χ4n) is 0.711. The van der Waals surface area contributed by atoms with Crippen LogP contribution >= 0.6 is 0 Å². The fourth-order valence-corrected chi connectivity index (χ4v) is 0.711. The molecule has 0 unspecified atom stereocenters. The molecule has 4 heteroatoms. The molecule has 1 heterocycles. The number of aryl methyl sites for hydroxylation is 1. The van der Waals surface area contributed by atoms with E-state index in [1.54, 1.807) is 17.8 Å². The van der Waals surface area contributed by atoms with Crippen LogP contribution in [0.4, 0.5) is 5.82 Å². The highest BCUT2D eigenvalue weighted by molar-refractivity contribution is 5.31. The predicted octanol–water partition coefficient (Wildman–Crippen LogP) is 0.0684. The van der Waals surface area contributed by atoms with E-state index in [4.69, 9.17) is 11.0 Å². The van der Waals surface area contributed by atoms with Gasteiger partial charge in [-0.3, -0.25) is 4.68 Å². The summed E-state index contributed by atoms with van der Waals surface area (Å²) >= 11 is 0. The lowest BCUT2D eigenvalue weighted by Crippen LogP contribution is -1.96. The first kappa shape index (κ1) is 6.62. The molecule has 0 saturated heterocycles. The van der Waals surface area contributed by atoms with Gasteiger partial charge in [0, 0.05) is 13.1 Å². The highest BCUT2D eigenvalue weighted by Gasteiger charge is 1.98. The second-order valence-electron chi connectivity index (χ2n) is 2.02. The molecule has 0 aliphatic heterocycles. The Hall–Kier alpha value is -1.50. The van der Waals surface area contributed by atoms with Crippen LogP contribution in [0.25, 0.3) is 0 Å². The van der Waals surface area contributed by atoms with Crippen LogP contribution in [-0.2, 0) is 13.5 Å². The summed E-state index contributed by atoms with van der Waals surface area (Å²) < 4.78 is 1.55. The lowest BCUT2D eigenvalue weighted by Gasteiger charge is -1.88. The van der Waals surface area contributed by atoms with Gasteiger partial charge in [0.25, 0.3) is 0 Å². The number of aromatic nitrogens is 2. The monoisotopic (exact) mass is 136 g/mol. The van der Waals surface area contributed by atoms with Crippen molar-refractivity contribution < 1.29 is 0 Å². The molecule has 0 aliphatic rings. The summed E-state index contributed by atoms with van der Waals surface area (Å²) in [6.45, 7) is 0. The molecule has 1 rings (SSSR count). The van der Waals surface area contributed by atoms with Gasteiger partial charge < -0.3 is 5.73 Å². The van der Waals surface area contributed by atoms with Crippen molar-refractivity contribution in [1.82, 2.24) is 9.78 Å². The smallest absolute Gasteiger partial charge is 0.121 e. The van der Waals surface area contributed by atoms with Crippen LogP contribution in [0, 0.1) is 11.3 Å². The first-order valence-corrected chi connectivity index (χ1v) is 2.89.